The molecule has 4 heteroatoms. The fourth-order valence-electron chi connectivity index (χ4n) is 4.84. The molecule has 2 aliphatic rings. The molecule has 166 valence electrons. The number of carbonyl (C=O) groups excluding carboxylic acids is 1. The van der Waals surface area contributed by atoms with Gasteiger partial charge < -0.3 is 14.2 Å². The Hall–Kier alpha value is -1.65. The molecule has 1 unspecified atom stereocenters. The van der Waals surface area contributed by atoms with E-state index in [1.54, 1.807) is 6.08 Å². The average molecular weight is 415 g/mol. The minimum absolute atomic E-state index is 0.0378. The second kappa shape index (κ2) is 11.1. The highest BCUT2D eigenvalue weighted by Gasteiger charge is 2.41. The van der Waals surface area contributed by atoms with Crippen LogP contribution in [0, 0.1) is 11.8 Å². The molecule has 0 aromatic heterocycles. The lowest BCUT2D eigenvalue weighted by atomic mass is 9.64. The van der Waals surface area contributed by atoms with Crippen LogP contribution >= 0.6 is 0 Å². The normalized spacial score (nSPS) is 27.8. The summed E-state index contributed by atoms with van der Waals surface area (Å²) < 4.78 is 17.3. The maximum atomic E-state index is 12.5. The maximum Gasteiger partial charge on any atom is 0.330 e. The lowest BCUT2D eigenvalue weighted by Gasteiger charge is -2.43. The van der Waals surface area contributed by atoms with Gasteiger partial charge in [-0.3, -0.25) is 0 Å². The molecule has 1 aliphatic carbocycles. The number of benzene rings is 1. The summed E-state index contributed by atoms with van der Waals surface area (Å²) in [5.74, 6) is 0.663. The van der Waals surface area contributed by atoms with Crippen molar-refractivity contribution in [3.8, 4) is 0 Å². The number of hydrogen-bond donors (Lipinski definition) is 0. The highest BCUT2D eigenvalue weighted by molar-refractivity contribution is 5.82. The molecule has 0 spiro atoms. The Balaban J connectivity index is 1.52. The molecule has 1 aromatic rings. The minimum Gasteiger partial charge on any atom is -0.459 e. The van der Waals surface area contributed by atoms with Gasteiger partial charge in [0.05, 0.1) is 6.61 Å². The van der Waals surface area contributed by atoms with Crippen molar-refractivity contribution in [2.45, 2.75) is 83.5 Å². The number of rotatable bonds is 8. The van der Waals surface area contributed by atoms with Crippen molar-refractivity contribution in [3.63, 3.8) is 0 Å². The summed E-state index contributed by atoms with van der Waals surface area (Å²) in [6.07, 6.45) is 10.4. The van der Waals surface area contributed by atoms with Crippen molar-refractivity contribution in [3.05, 3.63) is 48.0 Å². The zero-order valence-corrected chi connectivity index (χ0v) is 18.8. The van der Waals surface area contributed by atoms with E-state index in [0.29, 0.717) is 24.9 Å². The molecule has 0 bridgehead atoms. The highest BCUT2D eigenvalue weighted by atomic mass is 16.7. The lowest BCUT2D eigenvalue weighted by Crippen LogP contribution is -2.43. The largest absolute Gasteiger partial charge is 0.459 e. The van der Waals surface area contributed by atoms with Crippen LogP contribution in [0.4, 0.5) is 0 Å². The van der Waals surface area contributed by atoms with Crippen molar-refractivity contribution in [2.24, 2.45) is 11.8 Å². The average Bonchev–Trinajstić information content (AvgIpc) is 2.75. The van der Waals surface area contributed by atoms with Gasteiger partial charge in [-0.15, -0.1) is 0 Å². The third kappa shape index (κ3) is 6.42. The van der Waals surface area contributed by atoms with Gasteiger partial charge in [-0.2, -0.15) is 0 Å². The fraction of sp³-hybridized carbons (Fsp3) is 0.654. The van der Waals surface area contributed by atoms with Gasteiger partial charge in [0, 0.05) is 18.6 Å². The van der Waals surface area contributed by atoms with E-state index in [9.17, 15) is 4.79 Å². The zero-order valence-electron chi connectivity index (χ0n) is 18.8. The van der Waals surface area contributed by atoms with Crippen molar-refractivity contribution >= 4 is 5.97 Å². The second-order valence-electron chi connectivity index (χ2n) is 9.45. The van der Waals surface area contributed by atoms with Gasteiger partial charge in [-0.05, 0) is 55.4 Å². The second-order valence-corrected chi connectivity index (χ2v) is 9.45. The summed E-state index contributed by atoms with van der Waals surface area (Å²) in [7, 11) is 0. The predicted molar refractivity (Wildman–Crippen MR) is 119 cm³/mol. The van der Waals surface area contributed by atoms with Crippen LogP contribution in [-0.4, -0.2) is 31.6 Å². The van der Waals surface area contributed by atoms with Crippen molar-refractivity contribution in [1.82, 2.24) is 0 Å². The molecule has 1 saturated heterocycles. The summed E-state index contributed by atoms with van der Waals surface area (Å²) in [5.41, 5.74) is 1.27. The molecule has 2 fully saturated rings. The third-order valence-corrected chi connectivity index (χ3v) is 6.75. The Kier molecular flexibility index (Phi) is 8.52. The molecule has 1 heterocycles. The van der Waals surface area contributed by atoms with E-state index in [1.165, 1.54) is 12.0 Å². The van der Waals surface area contributed by atoms with Crippen molar-refractivity contribution in [2.75, 3.05) is 13.2 Å². The van der Waals surface area contributed by atoms with Crippen LogP contribution in [0.5, 0.6) is 0 Å². The van der Waals surface area contributed by atoms with Crippen LogP contribution in [0.1, 0.15) is 71.3 Å². The van der Waals surface area contributed by atoms with Gasteiger partial charge in [0.2, 0.25) is 0 Å². The van der Waals surface area contributed by atoms with Gasteiger partial charge >= 0.3 is 5.97 Å². The summed E-state index contributed by atoms with van der Waals surface area (Å²) in [4.78, 5) is 12.5. The van der Waals surface area contributed by atoms with E-state index in [0.717, 1.165) is 38.7 Å². The third-order valence-electron chi connectivity index (χ3n) is 6.75. The summed E-state index contributed by atoms with van der Waals surface area (Å²) >= 11 is 0. The Morgan fingerprint density at radius 2 is 1.97 bits per heavy atom. The first kappa shape index (κ1) is 23.0. The molecular weight excluding hydrogens is 376 g/mol. The maximum absolute atomic E-state index is 12.5. The summed E-state index contributed by atoms with van der Waals surface area (Å²) in [6, 6.07) is 10.6. The SMILES string of the molecule is C[C@@H]1CC[C@@H](C(C)(C)c2ccccc2)[C@H](OC(=O)/C=C/CCOC2CCCCO2)C1. The van der Waals surface area contributed by atoms with Gasteiger partial charge in [-0.1, -0.05) is 63.6 Å². The number of esters is 1. The van der Waals surface area contributed by atoms with Crippen LogP contribution in [0.15, 0.2) is 42.5 Å². The topological polar surface area (TPSA) is 44.8 Å². The van der Waals surface area contributed by atoms with Crippen molar-refractivity contribution < 1.29 is 19.0 Å². The van der Waals surface area contributed by atoms with Crippen LogP contribution < -0.4 is 0 Å². The Morgan fingerprint density at radius 1 is 1.17 bits per heavy atom. The van der Waals surface area contributed by atoms with Gasteiger partial charge in [0.1, 0.15) is 6.10 Å². The predicted octanol–water partition coefficient (Wildman–Crippen LogP) is 5.80. The molecule has 30 heavy (non-hydrogen) atoms. The van der Waals surface area contributed by atoms with Crippen LogP contribution in [0.25, 0.3) is 0 Å². The van der Waals surface area contributed by atoms with E-state index < -0.39 is 0 Å². The fourth-order valence-corrected chi connectivity index (χ4v) is 4.84. The Labute approximate surface area is 182 Å². The molecule has 4 atom stereocenters. The molecule has 1 aliphatic heterocycles. The van der Waals surface area contributed by atoms with E-state index in [-0.39, 0.29) is 23.8 Å². The molecule has 3 rings (SSSR count). The first-order chi connectivity index (χ1) is 14.5. The molecule has 0 amide bonds. The van der Waals surface area contributed by atoms with Crippen LogP contribution in [0.3, 0.4) is 0 Å². The van der Waals surface area contributed by atoms with E-state index in [4.69, 9.17) is 14.2 Å². The number of hydrogen-bond acceptors (Lipinski definition) is 4. The summed E-state index contributed by atoms with van der Waals surface area (Å²) in [6.45, 7) is 8.17. The first-order valence-corrected chi connectivity index (χ1v) is 11.6. The van der Waals surface area contributed by atoms with Crippen LogP contribution in [0.2, 0.25) is 0 Å². The standard InChI is InChI=1S/C26H38O4/c1-20-15-16-22(26(2,3)21-11-5-4-6-12-21)23(19-20)30-24(27)13-7-9-17-28-25-14-8-10-18-29-25/h4-7,11-13,20,22-23,25H,8-10,14-19H2,1-3H3/b13-7+/t20-,22-,23-,25?/m1/s1. The molecular formula is C26H38O4. The Morgan fingerprint density at radius 3 is 2.70 bits per heavy atom. The van der Waals surface area contributed by atoms with Crippen molar-refractivity contribution in [1.29, 1.82) is 0 Å². The Bertz CT molecular complexity index is 676. The zero-order chi connectivity index (χ0) is 21.4. The highest BCUT2D eigenvalue weighted by Crippen LogP contribution is 2.43. The smallest absolute Gasteiger partial charge is 0.330 e. The monoisotopic (exact) mass is 414 g/mol. The first-order valence-electron chi connectivity index (χ1n) is 11.6. The molecule has 1 aromatic carbocycles. The lowest BCUT2D eigenvalue weighted by molar-refractivity contribution is -0.161. The molecule has 4 nitrogen and oxygen atoms in total. The molecule has 1 saturated carbocycles. The van der Waals surface area contributed by atoms with Gasteiger partial charge in [0.25, 0.3) is 0 Å². The minimum atomic E-state index is -0.239. The van der Waals surface area contributed by atoms with E-state index in [1.807, 2.05) is 6.08 Å². The van der Waals surface area contributed by atoms with Gasteiger partial charge in [-0.25, -0.2) is 4.79 Å². The van der Waals surface area contributed by atoms with E-state index in [2.05, 4.69) is 51.1 Å². The van der Waals surface area contributed by atoms with E-state index >= 15 is 0 Å². The molecule has 0 N–H and O–H groups in total. The summed E-state index contributed by atoms with van der Waals surface area (Å²) in [5, 5.41) is 0. The van der Waals surface area contributed by atoms with Crippen LogP contribution in [-0.2, 0) is 24.4 Å². The quantitative estimate of drug-likeness (QED) is 0.306. The number of ether oxygens (including phenoxy) is 3. The molecule has 0 radical (unpaired) electrons. The van der Waals surface area contributed by atoms with Gasteiger partial charge in [0.15, 0.2) is 6.29 Å². The number of carbonyl (C=O) groups is 1.